The van der Waals surface area contributed by atoms with E-state index in [1.807, 2.05) is 18.0 Å². The highest BCUT2D eigenvalue weighted by molar-refractivity contribution is 9.11. The molecule has 5 heteroatoms. The number of aldehydes is 1. The Morgan fingerprint density at radius 1 is 1.44 bits per heavy atom. The Morgan fingerprint density at radius 3 is 2.83 bits per heavy atom. The van der Waals surface area contributed by atoms with Gasteiger partial charge in [0.05, 0.1) is 3.79 Å². The molecule has 1 heterocycles. The third kappa shape index (κ3) is 3.13. The summed E-state index contributed by atoms with van der Waals surface area (Å²) in [5.41, 5.74) is 2.71. The maximum atomic E-state index is 11.0. The molecule has 0 fully saturated rings. The van der Waals surface area contributed by atoms with Crippen LogP contribution in [0.15, 0.2) is 33.4 Å². The number of nitrogens with zero attached hydrogens (tertiary/aromatic N) is 1. The van der Waals surface area contributed by atoms with E-state index >= 15 is 0 Å². The molecule has 0 bridgehead atoms. The van der Waals surface area contributed by atoms with E-state index in [4.69, 9.17) is 11.6 Å². The van der Waals surface area contributed by atoms with Crippen LogP contribution in [0.3, 0.4) is 0 Å². The summed E-state index contributed by atoms with van der Waals surface area (Å²) in [6.45, 7) is 0.755. The zero-order valence-corrected chi connectivity index (χ0v) is 12.8. The van der Waals surface area contributed by atoms with E-state index in [1.54, 1.807) is 23.5 Å². The van der Waals surface area contributed by atoms with Crippen molar-refractivity contribution in [3.63, 3.8) is 0 Å². The van der Waals surface area contributed by atoms with Gasteiger partial charge in [0.1, 0.15) is 0 Å². The van der Waals surface area contributed by atoms with Gasteiger partial charge in [0.25, 0.3) is 0 Å². The molecule has 2 aromatic rings. The van der Waals surface area contributed by atoms with Crippen LogP contribution in [0.4, 0.5) is 5.69 Å². The SMILES string of the molecule is CN(Cc1csc(Br)c1)c1ccc(Cl)cc1C=O. The first-order valence-electron chi connectivity index (χ1n) is 5.29. The minimum atomic E-state index is 0.576. The molecule has 0 aliphatic rings. The van der Waals surface area contributed by atoms with Crippen LogP contribution in [0.5, 0.6) is 0 Å². The van der Waals surface area contributed by atoms with E-state index in [1.165, 1.54) is 5.56 Å². The number of rotatable bonds is 4. The number of carbonyl (C=O) groups excluding carboxylic acids is 1. The smallest absolute Gasteiger partial charge is 0.152 e. The fraction of sp³-hybridized carbons (Fsp3) is 0.154. The number of halogens is 2. The van der Waals surface area contributed by atoms with Gasteiger partial charge in [-0.2, -0.15) is 0 Å². The number of anilines is 1. The normalized spacial score (nSPS) is 10.4. The Bertz CT molecular complexity index is 570. The van der Waals surface area contributed by atoms with Crippen molar-refractivity contribution in [2.45, 2.75) is 6.54 Å². The molecule has 0 N–H and O–H groups in total. The lowest BCUT2D eigenvalue weighted by Gasteiger charge is -2.20. The van der Waals surface area contributed by atoms with E-state index in [2.05, 4.69) is 27.4 Å². The summed E-state index contributed by atoms with van der Waals surface area (Å²) in [6, 6.07) is 7.43. The Kier molecular flexibility index (Phi) is 4.43. The summed E-state index contributed by atoms with van der Waals surface area (Å²) < 4.78 is 1.11. The Labute approximate surface area is 123 Å². The average Bonchev–Trinajstić information content (AvgIpc) is 2.74. The second-order valence-corrected chi connectivity index (χ2v) is 6.66. The highest BCUT2D eigenvalue weighted by Gasteiger charge is 2.09. The quantitative estimate of drug-likeness (QED) is 0.755. The molecule has 94 valence electrons. The molecule has 0 atom stereocenters. The molecule has 1 aromatic carbocycles. The number of hydrogen-bond acceptors (Lipinski definition) is 3. The van der Waals surface area contributed by atoms with Crippen molar-refractivity contribution in [1.82, 2.24) is 0 Å². The molecular formula is C13H11BrClNOS. The monoisotopic (exact) mass is 343 g/mol. The van der Waals surface area contributed by atoms with Gasteiger partial charge in [-0.15, -0.1) is 11.3 Å². The van der Waals surface area contributed by atoms with Crippen LogP contribution in [0.25, 0.3) is 0 Å². The summed E-state index contributed by atoms with van der Waals surface area (Å²) in [7, 11) is 1.96. The fourth-order valence-corrected chi connectivity index (χ4v) is 3.14. The van der Waals surface area contributed by atoms with Gasteiger partial charge in [-0.25, -0.2) is 0 Å². The van der Waals surface area contributed by atoms with Gasteiger partial charge in [-0.05, 0) is 51.1 Å². The van der Waals surface area contributed by atoms with Crippen LogP contribution in [0, 0.1) is 0 Å². The minimum Gasteiger partial charge on any atom is -0.370 e. The maximum Gasteiger partial charge on any atom is 0.152 e. The third-order valence-corrected chi connectivity index (χ3v) is 4.36. The zero-order chi connectivity index (χ0) is 13.1. The van der Waals surface area contributed by atoms with Crippen molar-refractivity contribution in [1.29, 1.82) is 0 Å². The third-order valence-electron chi connectivity index (χ3n) is 2.57. The molecule has 0 spiro atoms. The Balaban J connectivity index is 2.23. The highest BCUT2D eigenvalue weighted by Crippen LogP contribution is 2.26. The van der Waals surface area contributed by atoms with Crippen LogP contribution in [-0.4, -0.2) is 13.3 Å². The molecule has 0 aliphatic heterocycles. The van der Waals surface area contributed by atoms with E-state index in [9.17, 15) is 4.79 Å². The lowest BCUT2D eigenvalue weighted by atomic mass is 10.1. The van der Waals surface area contributed by atoms with Gasteiger partial charge in [-0.1, -0.05) is 11.6 Å². The topological polar surface area (TPSA) is 20.3 Å². The zero-order valence-electron chi connectivity index (χ0n) is 9.69. The Hall–Kier alpha value is -0.840. The first-order chi connectivity index (χ1) is 8.60. The van der Waals surface area contributed by atoms with Crippen molar-refractivity contribution in [3.8, 4) is 0 Å². The molecule has 0 unspecified atom stereocenters. The first-order valence-corrected chi connectivity index (χ1v) is 7.34. The van der Waals surface area contributed by atoms with E-state index in [0.29, 0.717) is 10.6 Å². The summed E-state index contributed by atoms with van der Waals surface area (Å²) in [6.07, 6.45) is 0.835. The predicted octanol–water partition coefficient (Wildman–Crippen LogP) is 4.61. The fourth-order valence-electron chi connectivity index (χ4n) is 1.76. The second-order valence-electron chi connectivity index (χ2n) is 3.94. The lowest BCUT2D eigenvalue weighted by molar-refractivity contribution is 0.112. The molecule has 1 aromatic heterocycles. The van der Waals surface area contributed by atoms with Gasteiger partial charge in [0.15, 0.2) is 6.29 Å². The summed E-state index contributed by atoms with van der Waals surface area (Å²) >= 11 is 11.0. The molecular weight excluding hydrogens is 334 g/mol. The van der Waals surface area contributed by atoms with Gasteiger partial charge in [0, 0.05) is 29.9 Å². The van der Waals surface area contributed by atoms with Crippen molar-refractivity contribution < 1.29 is 4.79 Å². The maximum absolute atomic E-state index is 11.0. The predicted molar refractivity (Wildman–Crippen MR) is 81.0 cm³/mol. The van der Waals surface area contributed by atoms with Crippen LogP contribution in [-0.2, 0) is 6.54 Å². The van der Waals surface area contributed by atoms with Crippen molar-refractivity contribution in [2.24, 2.45) is 0 Å². The molecule has 18 heavy (non-hydrogen) atoms. The Morgan fingerprint density at radius 2 is 2.22 bits per heavy atom. The van der Waals surface area contributed by atoms with Crippen LogP contribution in [0.2, 0.25) is 5.02 Å². The van der Waals surface area contributed by atoms with Gasteiger partial charge < -0.3 is 4.90 Å². The lowest BCUT2D eigenvalue weighted by Crippen LogP contribution is -2.17. The first kappa shape index (κ1) is 13.6. The average molecular weight is 345 g/mol. The minimum absolute atomic E-state index is 0.576. The van der Waals surface area contributed by atoms with Gasteiger partial charge in [-0.3, -0.25) is 4.79 Å². The van der Waals surface area contributed by atoms with E-state index in [0.717, 1.165) is 22.3 Å². The highest BCUT2D eigenvalue weighted by atomic mass is 79.9. The number of benzene rings is 1. The molecule has 0 saturated heterocycles. The number of thiophene rings is 1. The van der Waals surface area contributed by atoms with Gasteiger partial charge >= 0.3 is 0 Å². The summed E-state index contributed by atoms with van der Waals surface area (Å²) in [4.78, 5) is 13.1. The molecule has 2 rings (SSSR count). The van der Waals surface area contributed by atoms with Crippen LogP contribution < -0.4 is 4.90 Å². The van der Waals surface area contributed by atoms with E-state index < -0.39 is 0 Å². The van der Waals surface area contributed by atoms with Crippen molar-refractivity contribution in [2.75, 3.05) is 11.9 Å². The largest absolute Gasteiger partial charge is 0.370 e. The molecule has 0 aliphatic carbocycles. The van der Waals surface area contributed by atoms with Crippen LogP contribution >= 0.6 is 38.9 Å². The molecule has 0 amide bonds. The van der Waals surface area contributed by atoms with E-state index in [-0.39, 0.29) is 0 Å². The molecule has 2 nitrogen and oxygen atoms in total. The second kappa shape index (κ2) is 5.87. The summed E-state index contributed by atoms with van der Waals surface area (Å²) in [5.74, 6) is 0. The summed E-state index contributed by atoms with van der Waals surface area (Å²) in [5, 5.41) is 2.67. The standard InChI is InChI=1S/C13H11BrClNOS/c1-16(6-9-4-13(14)18-8-9)12-3-2-11(15)5-10(12)7-17/h2-5,7-8H,6H2,1H3. The molecule has 0 saturated carbocycles. The van der Waals surface area contributed by atoms with Crippen LogP contribution in [0.1, 0.15) is 15.9 Å². The number of hydrogen-bond donors (Lipinski definition) is 0. The van der Waals surface area contributed by atoms with Crippen molar-refractivity contribution >= 4 is 50.8 Å². The molecule has 0 radical (unpaired) electrons. The van der Waals surface area contributed by atoms with Crippen molar-refractivity contribution in [3.05, 3.63) is 49.6 Å². The van der Waals surface area contributed by atoms with Gasteiger partial charge in [0.2, 0.25) is 0 Å². The number of carbonyl (C=O) groups is 1.